The number of nitrogens with zero attached hydrogens (tertiary/aromatic N) is 2. The average Bonchev–Trinajstić information content (AvgIpc) is 3.26. The molecular weight excluding hydrogens is 361 g/mol. The number of ether oxygens (including phenoxy) is 2. The standard InChI is InChI=1S/C21H18FN3O3/c1-13-9-16(11-23-24-21(26)15-3-5-17(22)6-4-15)14(2)25(13)18-7-8-19-20(10-18)28-12-27-19/h3-11H,12H2,1-2H3,(H,24,26)/b23-11-. The Morgan fingerprint density at radius 2 is 1.86 bits per heavy atom. The van der Waals surface area contributed by atoms with Crippen molar-refractivity contribution >= 4 is 12.1 Å². The molecule has 2 heterocycles. The molecular formula is C21H18FN3O3. The first kappa shape index (κ1) is 17.8. The van der Waals surface area contributed by atoms with E-state index in [1.54, 1.807) is 6.21 Å². The third-order valence-corrected chi connectivity index (χ3v) is 4.56. The third-order valence-electron chi connectivity index (χ3n) is 4.56. The molecule has 4 rings (SSSR count). The number of hydrogen-bond acceptors (Lipinski definition) is 4. The Bertz CT molecular complexity index is 1070. The SMILES string of the molecule is Cc1cc(/C=N\NC(=O)c2ccc(F)cc2)c(C)n1-c1ccc2c(c1)OCO2. The Balaban J connectivity index is 1.53. The fourth-order valence-corrected chi connectivity index (χ4v) is 3.17. The van der Waals surface area contributed by atoms with Crippen LogP contribution in [0.15, 0.2) is 53.6 Å². The zero-order chi connectivity index (χ0) is 19.7. The summed E-state index contributed by atoms with van der Waals surface area (Å²) in [4.78, 5) is 12.1. The molecule has 0 unspecified atom stereocenters. The Kier molecular flexibility index (Phi) is 4.57. The molecule has 2 aromatic carbocycles. The van der Waals surface area contributed by atoms with Gasteiger partial charge in [0.1, 0.15) is 5.82 Å². The predicted molar refractivity (Wildman–Crippen MR) is 103 cm³/mol. The number of carbonyl (C=O) groups is 1. The highest BCUT2D eigenvalue weighted by atomic mass is 19.1. The van der Waals surface area contributed by atoms with Crippen LogP contribution in [0.2, 0.25) is 0 Å². The van der Waals surface area contributed by atoms with Crippen molar-refractivity contribution in [3.63, 3.8) is 0 Å². The Hall–Kier alpha value is -3.61. The van der Waals surface area contributed by atoms with Crippen molar-refractivity contribution < 1.29 is 18.7 Å². The molecule has 1 N–H and O–H groups in total. The second-order valence-electron chi connectivity index (χ2n) is 6.41. The molecule has 0 saturated heterocycles. The van der Waals surface area contributed by atoms with Gasteiger partial charge in [-0.2, -0.15) is 5.10 Å². The number of hydrogen-bond donors (Lipinski definition) is 1. The number of aryl methyl sites for hydroxylation is 1. The molecule has 28 heavy (non-hydrogen) atoms. The molecule has 142 valence electrons. The van der Waals surface area contributed by atoms with Crippen LogP contribution in [0.5, 0.6) is 11.5 Å². The van der Waals surface area contributed by atoms with Crippen LogP contribution in [0.3, 0.4) is 0 Å². The Morgan fingerprint density at radius 1 is 1.11 bits per heavy atom. The van der Waals surface area contributed by atoms with Crippen LogP contribution in [0.25, 0.3) is 5.69 Å². The van der Waals surface area contributed by atoms with Crippen LogP contribution >= 0.6 is 0 Å². The minimum absolute atomic E-state index is 0.230. The highest BCUT2D eigenvalue weighted by Gasteiger charge is 2.16. The number of nitrogens with one attached hydrogen (secondary N) is 1. The zero-order valence-corrected chi connectivity index (χ0v) is 15.4. The summed E-state index contributed by atoms with van der Waals surface area (Å²) < 4.78 is 25.8. The van der Waals surface area contributed by atoms with E-state index in [4.69, 9.17) is 9.47 Å². The van der Waals surface area contributed by atoms with Gasteiger partial charge < -0.3 is 14.0 Å². The number of fused-ring (bicyclic) bond motifs is 1. The van der Waals surface area contributed by atoms with E-state index in [1.165, 1.54) is 24.3 Å². The van der Waals surface area contributed by atoms with Crippen molar-refractivity contribution in [2.24, 2.45) is 5.10 Å². The normalized spacial score (nSPS) is 12.5. The molecule has 0 bridgehead atoms. The minimum Gasteiger partial charge on any atom is -0.454 e. The number of benzene rings is 2. The zero-order valence-electron chi connectivity index (χ0n) is 15.4. The molecule has 0 fully saturated rings. The number of hydrazone groups is 1. The van der Waals surface area contributed by atoms with Gasteiger partial charge in [-0.1, -0.05) is 0 Å². The van der Waals surface area contributed by atoms with E-state index >= 15 is 0 Å². The summed E-state index contributed by atoms with van der Waals surface area (Å²) in [7, 11) is 0. The van der Waals surface area contributed by atoms with E-state index in [-0.39, 0.29) is 6.79 Å². The summed E-state index contributed by atoms with van der Waals surface area (Å²) in [5.74, 6) is 0.653. The van der Waals surface area contributed by atoms with E-state index in [0.717, 1.165) is 28.4 Å². The number of rotatable bonds is 4. The second kappa shape index (κ2) is 7.19. The number of amides is 1. The molecule has 0 atom stereocenters. The summed E-state index contributed by atoms with van der Waals surface area (Å²) in [6.45, 7) is 4.20. The van der Waals surface area contributed by atoms with Crippen molar-refractivity contribution in [2.75, 3.05) is 6.79 Å². The van der Waals surface area contributed by atoms with Gasteiger partial charge >= 0.3 is 0 Å². The summed E-state index contributed by atoms with van der Waals surface area (Å²) in [6.07, 6.45) is 1.59. The lowest BCUT2D eigenvalue weighted by atomic mass is 10.2. The van der Waals surface area contributed by atoms with E-state index in [2.05, 4.69) is 15.1 Å². The van der Waals surface area contributed by atoms with Crippen molar-refractivity contribution in [3.05, 3.63) is 76.9 Å². The second-order valence-corrected chi connectivity index (χ2v) is 6.41. The lowest BCUT2D eigenvalue weighted by Crippen LogP contribution is -2.17. The van der Waals surface area contributed by atoms with Crippen LogP contribution < -0.4 is 14.9 Å². The monoisotopic (exact) mass is 379 g/mol. The fraction of sp³-hybridized carbons (Fsp3) is 0.143. The molecule has 0 spiro atoms. The quantitative estimate of drug-likeness (QED) is 0.555. The van der Waals surface area contributed by atoms with Gasteiger partial charge in [0.05, 0.1) is 6.21 Å². The van der Waals surface area contributed by atoms with Crippen molar-refractivity contribution in [1.29, 1.82) is 0 Å². The van der Waals surface area contributed by atoms with E-state index in [9.17, 15) is 9.18 Å². The largest absolute Gasteiger partial charge is 0.454 e. The van der Waals surface area contributed by atoms with Gasteiger partial charge in [0.25, 0.3) is 5.91 Å². The van der Waals surface area contributed by atoms with Crippen molar-refractivity contribution in [2.45, 2.75) is 13.8 Å². The third kappa shape index (κ3) is 3.34. The first-order valence-corrected chi connectivity index (χ1v) is 8.71. The molecule has 1 aliphatic rings. The average molecular weight is 379 g/mol. The van der Waals surface area contributed by atoms with Crippen LogP contribution in [0, 0.1) is 19.7 Å². The maximum Gasteiger partial charge on any atom is 0.271 e. The topological polar surface area (TPSA) is 64.9 Å². The number of carbonyl (C=O) groups excluding carboxylic acids is 1. The highest BCUT2D eigenvalue weighted by Crippen LogP contribution is 2.34. The molecule has 3 aromatic rings. The van der Waals surface area contributed by atoms with Gasteiger partial charge in [-0.25, -0.2) is 9.82 Å². The Morgan fingerprint density at radius 3 is 2.64 bits per heavy atom. The minimum atomic E-state index is -0.402. The fourth-order valence-electron chi connectivity index (χ4n) is 3.17. The molecule has 1 amide bonds. The van der Waals surface area contributed by atoms with Gasteiger partial charge in [0.15, 0.2) is 11.5 Å². The summed E-state index contributed by atoms with van der Waals surface area (Å²) in [5, 5.41) is 4.03. The van der Waals surface area contributed by atoms with Crippen LogP contribution in [0.1, 0.15) is 27.3 Å². The molecule has 0 aliphatic carbocycles. The van der Waals surface area contributed by atoms with Gasteiger partial charge in [0, 0.05) is 34.3 Å². The Labute approximate surface area is 161 Å². The van der Waals surface area contributed by atoms with Gasteiger partial charge in [-0.3, -0.25) is 4.79 Å². The first-order valence-electron chi connectivity index (χ1n) is 8.71. The van der Waals surface area contributed by atoms with Gasteiger partial charge in [-0.05, 0) is 56.3 Å². The molecule has 1 aliphatic heterocycles. The lowest BCUT2D eigenvalue weighted by Gasteiger charge is -2.10. The van der Waals surface area contributed by atoms with E-state index < -0.39 is 11.7 Å². The molecule has 0 saturated carbocycles. The lowest BCUT2D eigenvalue weighted by molar-refractivity contribution is 0.0955. The van der Waals surface area contributed by atoms with Crippen LogP contribution in [-0.4, -0.2) is 23.5 Å². The smallest absolute Gasteiger partial charge is 0.271 e. The molecule has 7 heteroatoms. The first-order chi connectivity index (χ1) is 13.5. The van der Waals surface area contributed by atoms with Gasteiger partial charge in [-0.15, -0.1) is 0 Å². The van der Waals surface area contributed by atoms with Crippen LogP contribution in [-0.2, 0) is 0 Å². The summed E-state index contributed by atoms with van der Waals surface area (Å²) >= 11 is 0. The number of aromatic nitrogens is 1. The van der Waals surface area contributed by atoms with Crippen molar-refractivity contribution in [3.8, 4) is 17.2 Å². The van der Waals surface area contributed by atoms with E-state index in [1.807, 2.05) is 38.1 Å². The summed E-state index contributed by atoms with van der Waals surface area (Å²) in [6, 6.07) is 13.0. The predicted octanol–water partition coefficient (Wildman–Crippen LogP) is 3.73. The molecule has 0 radical (unpaired) electrons. The number of halogens is 1. The molecule has 1 aromatic heterocycles. The summed E-state index contributed by atoms with van der Waals surface area (Å²) in [5.41, 5.74) is 6.60. The van der Waals surface area contributed by atoms with Crippen LogP contribution in [0.4, 0.5) is 4.39 Å². The highest BCUT2D eigenvalue weighted by molar-refractivity contribution is 5.95. The van der Waals surface area contributed by atoms with Crippen molar-refractivity contribution in [1.82, 2.24) is 9.99 Å². The van der Waals surface area contributed by atoms with Gasteiger partial charge in [0.2, 0.25) is 6.79 Å². The maximum absolute atomic E-state index is 12.9. The molecule has 6 nitrogen and oxygen atoms in total. The van der Waals surface area contributed by atoms with E-state index in [0.29, 0.717) is 11.3 Å². The maximum atomic E-state index is 12.9.